The first-order valence-electron chi connectivity index (χ1n) is 4.81. The normalized spacial score (nSPS) is 11.8. The van der Waals surface area contributed by atoms with E-state index in [4.69, 9.17) is 5.73 Å². The molecule has 0 unspecified atom stereocenters. The third kappa shape index (κ3) is 2.70. The highest BCUT2D eigenvalue weighted by molar-refractivity contribution is 9.10. The van der Waals surface area contributed by atoms with Crippen LogP contribution in [0.3, 0.4) is 0 Å². The van der Waals surface area contributed by atoms with Crippen LogP contribution in [0.2, 0.25) is 0 Å². The molecule has 8 heteroatoms. The highest BCUT2D eigenvalue weighted by atomic mass is 79.9. The molecular weight excluding hydrogens is 331 g/mol. The fourth-order valence-electron chi connectivity index (χ4n) is 1.33. The minimum atomic E-state index is -4.41. The zero-order valence-corrected chi connectivity index (χ0v) is 11.2. The van der Waals surface area contributed by atoms with E-state index in [1.165, 1.54) is 17.4 Å². The van der Waals surface area contributed by atoms with Gasteiger partial charge in [0.05, 0.1) is 5.56 Å². The van der Waals surface area contributed by atoms with E-state index in [1.807, 2.05) is 0 Å². The summed E-state index contributed by atoms with van der Waals surface area (Å²) in [5.41, 5.74) is 5.03. The molecule has 1 heterocycles. The first-order valence-corrected chi connectivity index (χ1v) is 6.42. The number of nitrogens with two attached hydrogens (primary N) is 1. The van der Waals surface area contributed by atoms with Crippen molar-refractivity contribution in [1.82, 2.24) is 10.2 Å². The van der Waals surface area contributed by atoms with Crippen molar-refractivity contribution in [2.24, 2.45) is 5.73 Å². The van der Waals surface area contributed by atoms with Gasteiger partial charge in [0.25, 0.3) is 0 Å². The fourth-order valence-corrected chi connectivity index (χ4v) is 2.51. The molecule has 96 valence electrons. The van der Waals surface area contributed by atoms with Crippen LogP contribution in [0.4, 0.5) is 13.2 Å². The maximum Gasteiger partial charge on any atom is 0.417 e. The van der Waals surface area contributed by atoms with Gasteiger partial charge in [0.1, 0.15) is 10.0 Å². The summed E-state index contributed by atoms with van der Waals surface area (Å²) in [5.74, 6) is 0. The van der Waals surface area contributed by atoms with Crippen LogP contribution in [0.1, 0.15) is 10.6 Å². The van der Waals surface area contributed by atoms with Gasteiger partial charge in [-0.15, -0.1) is 10.2 Å². The second-order valence-electron chi connectivity index (χ2n) is 3.40. The molecule has 0 bridgehead atoms. The highest BCUT2D eigenvalue weighted by Crippen LogP contribution is 2.37. The Balaban J connectivity index is 2.47. The van der Waals surface area contributed by atoms with E-state index in [-0.39, 0.29) is 11.0 Å². The lowest BCUT2D eigenvalue weighted by molar-refractivity contribution is -0.138. The number of benzene rings is 1. The lowest BCUT2D eigenvalue weighted by atomic mass is 10.1. The van der Waals surface area contributed by atoms with E-state index in [0.29, 0.717) is 15.6 Å². The van der Waals surface area contributed by atoms with E-state index in [0.717, 1.165) is 6.07 Å². The molecule has 3 nitrogen and oxygen atoms in total. The van der Waals surface area contributed by atoms with Gasteiger partial charge in [0, 0.05) is 16.6 Å². The van der Waals surface area contributed by atoms with Crippen LogP contribution in [0.25, 0.3) is 10.6 Å². The first kappa shape index (κ1) is 13.4. The summed E-state index contributed by atoms with van der Waals surface area (Å²) in [4.78, 5) is 0. The molecule has 0 atom stereocenters. The average Bonchev–Trinajstić information content (AvgIpc) is 2.76. The van der Waals surface area contributed by atoms with Gasteiger partial charge in [0.15, 0.2) is 0 Å². The molecule has 1 aromatic carbocycles. The molecule has 2 rings (SSSR count). The number of halogens is 4. The van der Waals surface area contributed by atoms with Crippen molar-refractivity contribution < 1.29 is 13.2 Å². The third-order valence-corrected chi connectivity index (χ3v) is 3.85. The zero-order chi connectivity index (χ0) is 13.3. The van der Waals surface area contributed by atoms with Crippen LogP contribution in [0.15, 0.2) is 22.7 Å². The quantitative estimate of drug-likeness (QED) is 0.913. The second kappa shape index (κ2) is 4.94. The van der Waals surface area contributed by atoms with Crippen LogP contribution >= 0.6 is 27.3 Å². The van der Waals surface area contributed by atoms with Crippen LogP contribution in [0.5, 0.6) is 0 Å². The van der Waals surface area contributed by atoms with Crippen molar-refractivity contribution in [3.63, 3.8) is 0 Å². The van der Waals surface area contributed by atoms with Gasteiger partial charge in [-0.1, -0.05) is 33.3 Å². The Morgan fingerprint density at radius 2 is 2.00 bits per heavy atom. The molecule has 0 aliphatic rings. The number of rotatable bonds is 2. The van der Waals surface area contributed by atoms with Crippen molar-refractivity contribution in [2.45, 2.75) is 12.7 Å². The fraction of sp³-hybridized carbons (Fsp3) is 0.200. The van der Waals surface area contributed by atoms with Crippen molar-refractivity contribution in [1.29, 1.82) is 0 Å². The first-order chi connectivity index (χ1) is 8.41. The van der Waals surface area contributed by atoms with Crippen LogP contribution < -0.4 is 5.73 Å². The summed E-state index contributed by atoms with van der Waals surface area (Å²) in [6.07, 6.45) is -4.41. The Hall–Kier alpha value is -0.990. The summed E-state index contributed by atoms with van der Waals surface area (Å²) >= 11 is 4.07. The minimum absolute atomic E-state index is 0.00214. The van der Waals surface area contributed by atoms with Gasteiger partial charge in [-0.2, -0.15) is 13.2 Å². The Labute approximate surface area is 113 Å². The van der Waals surface area contributed by atoms with Crippen LogP contribution in [0, 0.1) is 0 Å². The number of hydrogen-bond donors (Lipinski definition) is 1. The zero-order valence-electron chi connectivity index (χ0n) is 8.83. The molecule has 2 N–H and O–H groups in total. The number of hydrogen-bond acceptors (Lipinski definition) is 4. The van der Waals surface area contributed by atoms with E-state index in [2.05, 4.69) is 26.1 Å². The predicted molar refractivity (Wildman–Crippen MR) is 65.9 cm³/mol. The Morgan fingerprint density at radius 1 is 1.28 bits per heavy atom. The highest BCUT2D eigenvalue weighted by Gasteiger charge is 2.33. The Morgan fingerprint density at radius 3 is 2.56 bits per heavy atom. The molecule has 0 amide bonds. The summed E-state index contributed by atoms with van der Waals surface area (Å²) in [6, 6.07) is 3.95. The number of nitrogens with zero attached hydrogens (tertiary/aromatic N) is 2. The lowest BCUT2D eigenvalue weighted by Crippen LogP contribution is -2.06. The second-order valence-corrected chi connectivity index (χ2v) is 5.31. The largest absolute Gasteiger partial charge is 0.417 e. The molecule has 0 aliphatic carbocycles. The molecule has 0 saturated heterocycles. The number of alkyl halides is 3. The van der Waals surface area contributed by atoms with Crippen molar-refractivity contribution in [3.05, 3.63) is 33.2 Å². The maximum atomic E-state index is 12.7. The predicted octanol–water partition coefficient (Wildman–Crippen LogP) is 3.45. The van der Waals surface area contributed by atoms with E-state index >= 15 is 0 Å². The molecule has 0 radical (unpaired) electrons. The van der Waals surface area contributed by atoms with E-state index < -0.39 is 11.7 Å². The topological polar surface area (TPSA) is 51.8 Å². The van der Waals surface area contributed by atoms with Crippen molar-refractivity contribution in [2.75, 3.05) is 0 Å². The van der Waals surface area contributed by atoms with Gasteiger partial charge >= 0.3 is 6.18 Å². The minimum Gasteiger partial charge on any atom is -0.324 e. The molecule has 2 aromatic rings. The number of aromatic nitrogens is 2. The van der Waals surface area contributed by atoms with Gasteiger partial charge < -0.3 is 5.73 Å². The van der Waals surface area contributed by atoms with Gasteiger partial charge in [-0.3, -0.25) is 0 Å². The van der Waals surface area contributed by atoms with Crippen LogP contribution in [-0.4, -0.2) is 10.2 Å². The SMILES string of the molecule is NCc1nnc(-c2ccc(Br)c(C(F)(F)F)c2)s1. The summed E-state index contributed by atoms with van der Waals surface area (Å²) in [6.45, 7) is 0.223. The van der Waals surface area contributed by atoms with Gasteiger partial charge in [-0.25, -0.2) is 0 Å². The molecular formula is C10H7BrF3N3S. The third-order valence-electron chi connectivity index (χ3n) is 2.16. The van der Waals surface area contributed by atoms with Crippen molar-refractivity contribution >= 4 is 27.3 Å². The Bertz CT molecular complexity index is 568. The molecule has 18 heavy (non-hydrogen) atoms. The van der Waals surface area contributed by atoms with Gasteiger partial charge in [-0.05, 0) is 12.1 Å². The summed E-state index contributed by atoms with van der Waals surface area (Å²) in [5, 5.41) is 8.60. The van der Waals surface area contributed by atoms with Crippen molar-refractivity contribution in [3.8, 4) is 10.6 Å². The molecule has 0 saturated carbocycles. The summed E-state index contributed by atoms with van der Waals surface area (Å²) < 4.78 is 38.2. The lowest BCUT2D eigenvalue weighted by Gasteiger charge is -2.09. The maximum absolute atomic E-state index is 12.7. The summed E-state index contributed by atoms with van der Waals surface area (Å²) in [7, 11) is 0. The monoisotopic (exact) mass is 337 g/mol. The molecule has 0 aliphatic heterocycles. The van der Waals surface area contributed by atoms with E-state index in [1.54, 1.807) is 6.07 Å². The molecule has 1 aromatic heterocycles. The van der Waals surface area contributed by atoms with Gasteiger partial charge in [0.2, 0.25) is 0 Å². The Kier molecular flexibility index (Phi) is 3.69. The molecule has 0 spiro atoms. The standard InChI is InChI=1S/C10H7BrF3N3S/c11-7-2-1-5(3-6(7)10(12,13)14)9-17-16-8(4-15)18-9/h1-3H,4,15H2. The smallest absolute Gasteiger partial charge is 0.324 e. The molecule has 0 fully saturated rings. The average molecular weight is 338 g/mol. The van der Waals surface area contributed by atoms with E-state index in [9.17, 15) is 13.2 Å². The van der Waals surface area contributed by atoms with Crippen LogP contribution in [-0.2, 0) is 12.7 Å².